The Hall–Kier alpha value is -2.64. The van der Waals surface area contributed by atoms with Gasteiger partial charge in [0.25, 0.3) is 5.91 Å². The number of benzene rings is 2. The minimum atomic E-state index is -0.503. The standard InChI is InChI=1S/C22H25ClFN3O3/c1-30-20-5-3-2-4-16(20)15-26-10-12-27(13-11-26)21(28)8-9-25-22(29)18-7-6-17(24)14-19(18)23/h2-7,14H,8-13,15H2,1H3,(H,25,29). The van der Waals surface area contributed by atoms with Gasteiger partial charge in [0.1, 0.15) is 11.6 Å². The first-order valence-corrected chi connectivity index (χ1v) is 10.2. The Kier molecular flexibility index (Phi) is 7.65. The molecule has 1 aliphatic heterocycles. The van der Waals surface area contributed by atoms with Crippen molar-refractivity contribution in [1.29, 1.82) is 0 Å². The average molecular weight is 434 g/mol. The molecule has 2 aromatic rings. The van der Waals surface area contributed by atoms with Gasteiger partial charge in [0.05, 0.1) is 17.7 Å². The highest BCUT2D eigenvalue weighted by atomic mass is 35.5. The van der Waals surface area contributed by atoms with Crippen molar-refractivity contribution in [2.75, 3.05) is 39.8 Å². The van der Waals surface area contributed by atoms with E-state index in [2.05, 4.69) is 10.2 Å². The molecule has 6 nitrogen and oxygen atoms in total. The van der Waals surface area contributed by atoms with Crippen LogP contribution >= 0.6 is 11.6 Å². The van der Waals surface area contributed by atoms with Crippen LogP contribution in [-0.4, -0.2) is 61.4 Å². The molecule has 0 spiro atoms. The molecule has 1 N–H and O–H groups in total. The second kappa shape index (κ2) is 10.4. The summed E-state index contributed by atoms with van der Waals surface area (Å²) >= 11 is 5.89. The van der Waals surface area contributed by atoms with Crippen LogP contribution in [0.4, 0.5) is 4.39 Å². The number of hydrogen-bond donors (Lipinski definition) is 1. The molecule has 3 rings (SSSR count). The van der Waals surface area contributed by atoms with Gasteiger partial charge in [-0.05, 0) is 24.3 Å². The number of nitrogens with one attached hydrogen (secondary N) is 1. The van der Waals surface area contributed by atoms with E-state index in [1.807, 2.05) is 29.2 Å². The van der Waals surface area contributed by atoms with E-state index in [1.165, 1.54) is 12.1 Å². The van der Waals surface area contributed by atoms with Crippen molar-refractivity contribution in [3.8, 4) is 5.75 Å². The summed E-state index contributed by atoms with van der Waals surface area (Å²) in [7, 11) is 1.66. The molecule has 0 unspecified atom stereocenters. The minimum absolute atomic E-state index is 0.00237. The zero-order valence-corrected chi connectivity index (χ0v) is 17.6. The van der Waals surface area contributed by atoms with E-state index in [1.54, 1.807) is 7.11 Å². The van der Waals surface area contributed by atoms with Gasteiger partial charge in [0.2, 0.25) is 5.91 Å². The van der Waals surface area contributed by atoms with Crippen LogP contribution in [0.25, 0.3) is 0 Å². The number of para-hydroxylation sites is 1. The van der Waals surface area contributed by atoms with E-state index in [4.69, 9.17) is 16.3 Å². The summed E-state index contributed by atoms with van der Waals surface area (Å²) in [5.74, 6) is -0.0588. The molecule has 2 amide bonds. The summed E-state index contributed by atoms with van der Waals surface area (Å²) in [4.78, 5) is 28.7. The molecule has 8 heteroatoms. The van der Waals surface area contributed by atoms with Crippen LogP contribution in [0.5, 0.6) is 5.75 Å². The predicted molar refractivity (Wildman–Crippen MR) is 113 cm³/mol. The Morgan fingerprint density at radius 1 is 1.13 bits per heavy atom. The first-order valence-electron chi connectivity index (χ1n) is 9.83. The van der Waals surface area contributed by atoms with Gasteiger partial charge < -0.3 is 15.0 Å². The second-order valence-electron chi connectivity index (χ2n) is 7.10. The van der Waals surface area contributed by atoms with Crippen LogP contribution in [0.3, 0.4) is 0 Å². The molecule has 0 atom stereocenters. The molecule has 1 saturated heterocycles. The van der Waals surface area contributed by atoms with Crippen molar-refractivity contribution in [2.45, 2.75) is 13.0 Å². The third kappa shape index (κ3) is 5.70. The third-order valence-electron chi connectivity index (χ3n) is 5.11. The number of amides is 2. The van der Waals surface area contributed by atoms with Gasteiger partial charge in [-0.25, -0.2) is 4.39 Å². The molecule has 0 aliphatic carbocycles. The highest BCUT2D eigenvalue weighted by Crippen LogP contribution is 2.20. The summed E-state index contributed by atoms with van der Waals surface area (Å²) in [6.45, 7) is 3.83. The normalized spacial score (nSPS) is 14.4. The largest absolute Gasteiger partial charge is 0.496 e. The lowest BCUT2D eigenvalue weighted by atomic mass is 10.1. The highest BCUT2D eigenvalue weighted by Gasteiger charge is 2.22. The first-order chi connectivity index (χ1) is 14.5. The first kappa shape index (κ1) is 22.1. The van der Waals surface area contributed by atoms with Crippen molar-refractivity contribution in [3.05, 3.63) is 64.4 Å². The Balaban J connectivity index is 1.41. The number of rotatable bonds is 7. The van der Waals surface area contributed by atoms with Crippen molar-refractivity contribution < 1.29 is 18.7 Å². The summed E-state index contributed by atoms with van der Waals surface area (Å²) in [5, 5.41) is 2.71. The number of halogens is 2. The van der Waals surface area contributed by atoms with Crippen LogP contribution in [0.1, 0.15) is 22.3 Å². The molecule has 2 aromatic carbocycles. The fraction of sp³-hybridized carbons (Fsp3) is 0.364. The maximum absolute atomic E-state index is 13.1. The zero-order valence-electron chi connectivity index (χ0n) is 16.9. The molecule has 0 bridgehead atoms. The monoisotopic (exact) mass is 433 g/mol. The van der Waals surface area contributed by atoms with Crippen molar-refractivity contribution in [3.63, 3.8) is 0 Å². The minimum Gasteiger partial charge on any atom is -0.496 e. The summed E-state index contributed by atoms with van der Waals surface area (Å²) in [6, 6.07) is 11.5. The van der Waals surface area contributed by atoms with Crippen molar-refractivity contribution >= 4 is 23.4 Å². The Bertz CT molecular complexity index is 901. The van der Waals surface area contributed by atoms with Crippen LogP contribution in [0.15, 0.2) is 42.5 Å². The molecule has 1 heterocycles. The van der Waals surface area contributed by atoms with E-state index < -0.39 is 11.7 Å². The molecule has 160 valence electrons. The summed E-state index contributed by atoms with van der Waals surface area (Å²) < 4.78 is 18.5. The van der Waals surface area contributed by atoms with Gasteiger partial charge in [-0.3, -0.25) is 14.5 Å². The van der Waals surface area contributed by atoms with Crippen molar-refractivity contribution in [2.24, 2.45) is 0 Å². The highest BCUT2D eigenvalue weighted by molar-refractivity contribution is 6.33. The SMILES string of the molecule is COc1ccccc1CN1CCN(C(=O)CCNC(=O)c2ccc(F)cc2Cl)CC1. The Labute approximate surface area is 180 Å². The molecule has 0 saturated carbocycles. The second-order valence-corrected chi connectivity index (χ2v) is 7.51. The summed E-state index contributed by atoms with van der Waals surface area (Å²) in [6.07, 6.45) is 0.205. The predicted octanol–water partition coefficient (Wildman–Crippen LogP) is 2.95. The molecular weight excluding hydrogens is 409 g/mol. The number of carbonyl (C=O) groups excluding carboxylic acids is 2. The summed E-state index contributed by atoms with van der Waals surface area (Å²) in [5.41, 5.74) is 1.32. The molecule has 30 heavy (non-hydrogen) atoms. The van der Waals surface area contributed by atoms with Gasteiger partial charge >= 0.3 is 0 Å². The van der Waals surface area contributed by atoms with Gasteiger partial charge in [-0.15, -0.1) is 0 Å². The Morgan fingerprint density at radius 2 is 1.87 bits per heavy atom. The van der Waals surface area contributed by atoms with Gasteiger partial charge in [-0.2, -0.15) is 0 Å². The van der Waals surface area contributed by atoms with Gasteiger partial charge in [0.15, 0.2) is 0 Å². The van der Waals surface area contributed by atoms with E-state index in [9.17, 15) is 14.0 Å². The van der Waals surface area contributed by atoms with E-state index in [0.717, 1.165) is 37.0 Å². The number of hydrogen-bond acceptors (Lipinski definition) is 4. The fourth-order valence-electron chi connectivity index (χ4n) is 3.44. The van der Waals surface area contributed by atoms with E-state index in [-0.39, 0.29) is 29.5 Å². The number of piperazine rings is 1. The van der Waals surface area contributed by atoms with Crippen molar-refractivity contribution in [1.82, 2.24) is 15.1 Å². The molecule has 1 aliphatic rings. The maximum Gasteiger partial charge on any atom is 0.252 e. The average Bonchev–Trinajstić information content (AvgIpc) is 2.74. The topological polar surface area (TPSA) is 61.9 Å². The lowest BCUT2D eigenvalue weighted by Crippen LogP contribution is -2.48. The lowest BCUT2D eigenvalue weighted by molar-refractivity contribution is -0.132. The zero-order chi connectivity index (χ0) is 21.5. The van der Waals surface area contributed by atoms with Crippen LogP contribution in [0.2, 0.25) is 5.02 Å². The molecule has 1 fully saturated rings. The molecule has 0 radical (unpaired) electrons. The number of ether oxygens (including phenoxy) is 1. The number of carbonyl (C=O) groups is 2. The van der Waals surface area contributed by atoms with Crippen LogP contribution in [-0.2, 0) is 11.3 Å². The number of nitrogens with zero attached hydrogens (tertiary/aromatic N) is 2. The number of methoxy groups -OCH3 is 1. The van der Waals surface area contributed by atoms with Gasteiger partial charge in [0, 0.05) is 51.3 Å². The molecular formula is C22H25ClFN3O3. The van der Waals surface area contributed by atoms with Crippen LogP contribution < -0.4 is 10.1 Å². The maximum atomic E-state index is 13.1. The smallest absolute Gasteiger partial charge is 0.252 e. The van der Waals surface area contributed by atoms with Gasteiger partial charge in [-0.1, -0.05) is 29.8 Å². The lowest BCUT2D eigenvalue weighted by Gasteiger charge is -2.35. The van der Waals surface area contributed by atoms with E-state index in [0.29, 0.717) is 13.1 Å². The van der Waals surface area contributed by atoms with E-state index >= 15 is 0 Å². The Morgan fingerprint density at radius 3 is 2.57 bits per heavy atom. The van der Waals surface area contributed by atoms with Crippen LogP contribution in [0, 0.1) is 5.82 Å². The quantitative estimate of drug-likeness (QED) is 0.729. The fourth-order valence-corrected chi connectivity index (χ4v) is 3.69. The third-order valence-corrected chi connectivity index (χ3v) is 5.42. The molecule has 0 aromatic heterocycles.